The Hall–Kier alpha value is -1.50. The molecule has 110 valence electrons. The van der Waals surface area contributed by atoms with Crippen LogP contribution in [0, 0.1) is 5.41 Å². The molecule has 2 aromatic carbocycles. The molecular weight excluding hydrogens is 328 g/mol. The van der Waals surface area contributed by atoms with Crippen LogP contribution in [0.15, 0.2) is 57.2 Å². The molecule has 21 heavy (non-hydrogen) atoms. The van der Waals surface area contributed by atoms with E-state index in [2.05, 4.69) is 0 Å². The Kier molecular flexibility index (Phi) is 4.61. The number of amidine groups is 1. The first-order valence-corrected chi connectivity index (χ1v) is 8.98. The summed E-state index contributed by atoms with van der Waals surface area (Å²) < 4.78 is 22.8. The number of benzene rings is 2. The lowest BCUT2D eigenvalue weighted by Crippen LogP contribution is -2.12. The zero-order valence-electron chi connectivity index (χ0n) is 11.1. The summed E-state index contributed by atoms with van der Waals surface area (Å²) in [5.74, 6) is -0.101. The average Bonchev–Trinajstić information content (AvgIpc) is 2.38. The minimum absolute atomic E-state index is 0.101. The fourth-order valence-corrected chi connectivity index (χ4v) is 3.69. The third-order valence-electron chi connectivity index (χ3n) is 2.72. The molecule has 0 atom stereocenters. The van der Waals surface area contributed by atoms with Gasteiger partial charge in [0.25, 0.3) is 0 Å². The first kappa shape index (κ1) is 15.9. The van der Waals surface area contributed by atoms with Crippen molar-refractivity contribution in [1.29, 1.82) is 5.41 Å². The van der Waals surface area contributed by atoms with Crippen LogP contribution in [0.3, 0.4) is 0 Å². The number of nitrogens with two attached hydrogens (primary N) is 1. The topological polar surface area (TPSA) is 84.0 Å². The fraction of sp³-hybridized carbons (Fsp3) is 0.0714. The molecule has 0 spiro atoms. The second-order valence-corrected chi connectivity index (χ2v) is 7.91. The highest BCUT2D eigenvalue weighted by atomic mass is 35.5. The summed E-state index contributed by atoms with van der Waals surface area (Å²) >= 11 is 7.44. The fourth-order valence-electron chi connectivity index (χ4n) is 1.73. The second kappa shape index (κ2) is 6.09. The largest absolute Gasteiger partial charge is 0.384 e. The van der Waals surface area contributed by atoms with Crippen molar-refractivity contribution < 1.29 is 8.42 Å². The van der Waals surface area contributed by atoms with Gasteiger partial charge in [0.15, 0.2) is 9.84 Å². The Balaban J connectivity index is 2.35. The summed E-state index contributed by atoms with van der Waals surface area (Å²) in [6.07, 6.45) is 1.17. The first-order valence-electron chi connectivity index (χ1n) is 5.90. The molecule has 0 heterocycles. The molecule has 0 aromatic heterocycles. The average molecular weight is 341 g/mol. The van der Waals surface area contributed by atoms with Gasteiger partial charge in [-0.15, -0.1) is 0 Å². The van der Waals surface area contributed by atoms with Crippen LogP contribution >= 0.6 is 23.4 Å². The highest BCUT2D eigenvalue weighted by molar-refractivity contribution is 7.99. The SMILES string of the molecule is CS(=O)(=O)c1ccc(Sc2cccc(Cl)c2C(=N)N)cc1. The van der Waals surface area contributed by atoms with Crippen molar-refractivity contribution in [3.8, 4) is 0 Å². The first-order chi connectivity index (χ1) is 9.79. The highest BCUT2D eigenvalue weighted by Gasteiger charge is 2.12. The van der Waals surface area contributed by atoms with E-state index in [-0.39, 0.29) is 10.7 Å². The van der Waals surface area contributed by atoms with Gasteiger partial charge in [-0.25, -0.2) is 8.42 Å². The summed E-state index contributed by atoms with van der Waals surface area (Å²) in [5, 5.41) is 8.02. The Morgan fingerprint density at radius 2 is 1.81 bits per heavy atom. The van der Waals surface area contributed by atoms with E-state index in [1.807, 2.05) is 6.07 Å². The van der Waals surface area contributed by atoms with Gasteiger partial charge in [-0.2, -0.15) is 0 Å². The molecule has 0 saturated heterocycles. The van der Waals surface area contributed by atoms with Crippen molar-refractivity contribution >= 4 is 39.0 Å². The van der Waals surface area contributed by atoms with Crippen LogP contribution in [0.4, 0.5) is 0 Å². The molecule has 0 saturated carbocycles. The molecule has 3 N–H and O–H groups in total. The molecule has 0 aliphatic heterocycles. The zero-order chi connectivity index (χ0) is 15.6. The van der Waals surface area contributed by atoms with Crippen LogP contribution in [-0.4, -0.2) is 20.5 Å². The van der Waals surface area contributed by atoms with Gasteiger partial charge in [0.1, 0.15) is 5.84 Å². The van der Waals surface area contributed by atoms with Gasteiger partial charge in [0.2, 0.25) is 0 Å². The normalized spacial score (nSPS) is 11.3. The van der Waals surface area contributed by atoms with E-state index in [1.165, 1.54) is 18.0 Å². The maximum Gasteiger partial charge on any atom is 0.175 e. The van der Waals surface area contributed by atoms with Crippen molar-refractivity contribution in [2.75, 3.05) is 6.26 Å². The molecule has 0 fully saturated rings. The molecule has 0 radical (unpaired) electrons. The van der Waals surface area contributed by atoms with Gasteiger partial charge in [-0.3, -0.25) is 5.41 Å². The van der Waals surface area contributed by atoms with E-state index in [0.29, 0.717) is 10.6 Å². The molecule has 2 aromatic rings. The Bertz CT molecular complexity index is 787. The van der Waals surface area contributed by atoms with E-state index in [4.69, 9.17) is 22.7 Å². The molecule has 2 rings (SSSR count). The zero-order valence-corrected chi connectivity index (χ0v) is 13.5. The smallest absolute Gasteiger partial charge is 0.175 e. The van der Waals surface area contributed by atoms with E-state index in [1.54, 1.807) is 36.4 Å². The highest BCUT2D eigenvalue weighted by Crippen LogP contribution is 2.33. The van der Waals surface area contributed by atoms with E-state index < -0.39 is 9.84 Å². The van der Waals surface area contributed by atoms with Crippen molar-refractivity contribution in [3.63, 3.8) is 0 Å². The lowest BCUT2D eigenvalue weighted by molar-refractivity contribution is 0.602. The van der Waals surface area contributed by atoms with Crippen LogP contribution < -0.4 is 5.73 Å². The van der Waals surface area contributed by atoms with Crippen LogP contribution in [0.1, 0.15) is 5.56 Å². The van der Waals surface area contributed by atoms with Crippen molar-refractivity contribution in [2.45, 2.75) is 14.7 Å². The molecular formula is C14H13ClN2O2S2. The summed E-state index contributed by atoms with van der Waals surface area (Å²) in [6.45, 7) is 0. The van der Waals surface area contributed by atoms with Gasteiger partial charge in [-0.1, -0.05) is 29.4 Å². The predicted molar refractivity (Wildman–Crippen MR) is 86.1 cm³/mol. The number of halogens is 1. The van der Waals surface area contributed by atoms with Crippen molar-refractivity contribution in [2.24, 2.45) is 5.73 Å². The van der Waals surface area contributed by atoms with Crippen LogP contribution in [-0.2, 0) is 9.84 Å². The molecule has 0 unspecified atom stereocenters. The molecule has 4 nitrogen and oxygen atoms in total. The number of sulfone groups is 1. The van der Waals surface area contributed by atoms with Gasteiger partial charge >= 0.3 is 0 Å². The van der Waals surface area contributed by atoms with Gasteiger partial charge in [0, 0.05) is 21.6 Å². The van der Waals surface area contributed by atoms with Crippen LogP contribution in [0.25, 0.3) is 0 Å². The van der Waals surface area contributed by atoms with Crippen molar-refractivity contribution in [3.05, 3.63) is 53.1 Å². The maximum atomic E-state index is 11.4. The monoisotopic (exact) mass is 340 g/mol. The summed E-state index contributed by atoms with van der Waals surface area (Å²) in [6, 6.07) is 11.8. The van der Waals surface area contributed by atoms with Crippen LogP contribution in [0.2, 0.25) is 5.02 Å². The van der Waals surface area contributed by atoms with Gasteiger partial charge < -0.3 is 5.73 Å². The standard InChI is InChI=1S/C14H13ClN2O2S2/c1-21(18,19)10-7-5-9(6-8-10)20-12-4-2-3-11(15)13(12)14(16)17/h2-8H,1H3,(H3,16,17). The third kappa shape index (κ3) is 3.78. The number of nitrogens with one attached hydrogen (secondary N) is 1. The second-order valence-electron chi connectivity index (χ2n) is 4.37. The van der Waals surface area contributed by atoms with Crippen molar-refractivity contribution in [1.82, 2.24) is 0 Å². The maximum absolute atomic E-state index is 11.4. The Morgan fingerprint density at radius 3 is 2.33 bits per heavy atom. The molecule has 0 aliphatic carbocycles. The Morgan fingerprint density at radius 1 is 1.19 bits per heavy atom. The molecule has 0 aliphatic rings. The van der Waals surface area contributed by atoms with Gasteiger partial charge in [0.05, 0.1) is 9.92 Å². The van der Waals surface area contributed by atoms with Gasteiger partial charge in [-0.05, 0) is 36.4 Å². The number of hydrogen-bond donors (Lipinski definition) is 2. The number of rotatable bonds is 4. The number of nitrogen functional groups attached to an aromatic ring is 1. The Labute approximate surface area is 132 Å². The molecule has 7 heteroatoms. The third-order valence-corrected chi connectivity index (χ3v) is 5.24. The summed E-state index contributed by atoms with van der Waals surface area (Å²) in [7, 11) is -3.21. The lowest BCUT2D eigenvalue weighted by atomic mass is 10.2. The molecule has 0 bridgehead atoms. The summed E-state index contributed by atoms with van der Waals surface area (Å²) in [5.41, 5.74) is 6.04. The lowest BCUT2D eigenvalue weighted by Gasteiger charge is -2.10. The molecule has 0 amide bonds. The van der Waals surface area contributed by atoms with E-state index in [0.717, 1.165) is 9.79 Å². The van der Waals surface area contributed by atoms with E-state index >= 15 is 0 Å². The minimum atomic E-state index is -3.21. The quantitative estimate of drug-likeness (QED) is 0.661. The predicted octanol–water partition coefficient (Wildman–Crippen LogP) is 3.18. The summed E-state index contributed by atoms with van der Waals surface area (Å²) in [4.78, 5) is 1.86. The van der Waals surface area contributed by atoms with E-state index in [9.17, 15) is 8.42 Å². The van der Waals surface area contributed by atoms with Crippen LogP contribution in [0.5, 0.6) is 0 Å². The minimum Gasteiger partial charge on any atom is -0.384 e. The number of hydrogen-bond acceptors (Lipinski definition) is 4.